The van der Waals surface area contributed by atoms with E-state index < -0.39 is 6.10 Å². The predicted octanol–water partition coefficient (Wildman–Crippen LogP) is 4.24. The number of aryl methyl sites for hydroxylation is 2. The fourth-order valence-corrected chi connectivity index (χ4v) is 2.82. The first kappa shape index (κ1) is 13.2. The van der Waals surface area contributed by atoms with Crippen LogP contribution in [0.2, 0.25) is 0 Å². The fourth-order valence-electron chi connectivity index (χ4n) is 1.68. The summed E-state index contributed by atoms with van der Waals surface area (Å²) in [7, 11) is 0. The summed E-state index contributed by atoms with van der Waals surface area (Å²) in [6.45, 7) is 5.23. The SMILES string of the molecule is Cc1cc(Sc2ccoc2C)c([C@@H](C)O)cc1F. The molecule has 0 aliphatic rings. The highest BCUT2D eigenvalue weighted by Crippen LogP contribution is 2.36. The maximum Gasteiger partial charge on any atom is 0.126 e. The van der Waals surface area contributed by atoms with Crippen molar-refractivity contribution in [2.24, 2.45) is 0 Å². The number of halogens is 1. The summed E-state index contributed by atoms with van der Waals surface area (Å²) in [6, 6.07) is 5.02. The van der Waals surface area contributed by atoms with Gasteiger partial charge in [-0.3, -0.25) is 0 Å². The molecule has 0 amide bonds. The van der Waals surface area contributed by atoms with E-state index in [2.05, 4.69) is 0 Å². The van der Waals surface area contributed by atoms with Crippen LogP contribution in [0.4, 0.5) is 4.39 Å². The summed E-state index contributed by atoms with van der Waals surface area (Å²) in [4.78, 5) is 1.83. The van der Waals surface area contributed by atoms with Gasteiger partial charge in [-0.15, -0.1) is 0 Å². The molecule has 2 aromatic rings. The van der Waals surface area contributed by atoms with Gasteiger partial charge in [-0.1, -0.05) is 11.8 Å². The topological polar surface area (TPSA) is 33.4 Å². The molecule has 1 aromatic heterocycles. The van der Waals surface area contributed by atoms with Crippen LogP contribution < -0.4 is 0 Å². The van der Waals surface area contributed by atoms with Gasteiger partial charge in [-0.25, -0.2) is 4.39 Å². The average molecular weight is 266 g/mol. The van der Waals surface area contributed by atoms with E-state index in [0.29, 0.717) is 11.1 Å². The molecule has 1 N–H and O–H groups in total. The van der Waals surface area contributed by atoms with Crippen LogP contribution in [0.25, 0.3) is 0 Å². The molecule has 0 fully saturated rings. The van der Waals surface area contributed by atoms with Gasteiger partial charge in [0.2, 0.25) is 0 Å². The molecule has 1 heterocycles. The molecular formula is C14H15FO2S. The van der Waals surface area contributed by atoms with E-state index in [-0.39, 0.29) is 5.82 Å². The van der Waals surface area contributed by atoms with Crippen molar-refractivity contribution >= 4 is 11.8 Å². The normalized spacial score (nSPS) is 12.7. The van der Waals surface area contributed by atoms with E-state index in [1.807, 2.05) is 13.0 Å². The number of aliphatic hydroxyl groups excluding tert-OH is 1. The summed E-state index contributed by atoms with van der Waals surface area (Å²) in [5.41, 5.74) is 1.17. The predicted molar refractivity (Wildman–Crippen MR) is 69.3 cm³/mol. The molecule has 0 bridgehead atoms. The molecule has 1 atom stereocenters. The van der Waals surface area contributed by atoms with Crippen LogP contribution in [0.3, 0.4) is 0 Å². The zero-order valence-electron chi connectivity index (χ0n) is 10.5. The van der Waals surface area contributed by atoms with Crippen molar-refractivity contribution in [3.63, 3.8) is 0 Å². The van der Waals surface area contributed by atoms with E-state index in [1.54, 1.807) is 26.2 Å². The molecule has 18 heavy (non-hydrogen) atoms. The maximum atomic E-state index is 13.5. The minimum atomic E-state index is -0.699. The van der Waals surface area contributed by atoms with Gasteiger partial charge in [0.1, 0.15) is 11.6 Å². The standard InChI is InChI=1S/C14H15FO2S/c1-8-6-14(11(9(2)16)7-12(8)15)18-13-4-5-17-10(13)3/h4-7,9,16H,1-3H3/t9-/m1/s1. The first-order valence-electron chi connectivity index (χ1n) is 5.69. The minimum Gasteiger partial charge on any atom is -0.468 e. The number of rotatable bonds is 3. The second-order valence-corrected chi connectivity index (χ2v) is 5.34. The van der Waals surface area contributed by atoms with Crippen molar-refractivity contribution in [3.8, 4) is 0 Å². The van der Waals surface area contributed by atoms with E-state index in [0.717, 1.165) is 15.6 Å². The van der Waals surface area contributed by atoms with E-state index in [4.69, 9.17) is 4.42 Å². The second-order valence-electron chi connectivity index (χ2n) is 4.26. The summed E-state index contributed by atoms with van der Waals surface area (Å²) < 4.78 is 18.8. The molecule has 0 aliphatic carbocycles. The van der Waals surface area contributed by atoms with Crippen LogP contribution in [-0.4, -0.2) is 5.11 Å². The van der Waals surface area contributed by atoms with Crippen molar-refractivity contribution in [3.05, 3.63) is 47.2 Å². The molecule has 0 saturated heterocycles. The van der Waals surface area contributed by atoms with E-state index in [9.17, 15) is 9.50 Å². The number of furan rings is 1. The summed E-state index contributed by atoms with van der Waals surface area (Å²) in [5.74, 6) is 0.526. The molecular weight excluding hydrogens is 251 g/mol. The molecule has 0 aliphatic heterocycles. The van der Waals surface area contributed by atoms with Gasteiger partial charge >= 0.3 is 0 Å². The smallest absolute Gasteiger partial charge is 0.126 e. The lowest BCUT2D eigenvalue weighted by atomic mass is 10.1. The largest absolute Gasteiger partial charge is 0.468 e. The average Bonchev–Trinajstić information content (AvgIpc) is 2.69. The minimum absolute atomic E-state index is 0.292. The van der Waals surface area contributed by atoms with Gasteiger partial charge in [0, 0.05) is 4.90 Å². The first-order valence-corrected chi connectivity index (χ1v) is 6.50. The van der Waals surface area contributed by atoms with Crippen molar-refractivity contribution in [2.45, 2.75) is 36.7 Å². The Hall–Kier alpha value is -1.26. The highest BCUT2D eigenvalue weighted by Gasteiger charge is 2.14. The van der Waals surface area contributed by atoms with Gasteiger partial charge in [-0.05, 0) is 50.1 Å². The zero-order chi connectivity index (χ0) is 13.3. The molecule has 2 nitrogen and oxygen atoms in total. The molecule has 0 spiro atoms. The van der Waals surface area contributed by atoms with Gasteiger partial charge < -0.3 is 9.52 Å². The third kappa shape index (κ3) is 2.60. The molecule has 96 valence electrons. The lowest BCUT2D eigenvalue weighted by Gasteiger charge is -2.13. The lowest BCUT2D eigenvalue weighted by molar-refractivity contribution is 0.196. The molecule has 2 rings (SSSR count). The highest BCUT2D eigenvalue weighted by atomic mass is 32.2. The zero-order valence-corrected chi connectivity index (χ0v) is 11.3. The molecule has 0 radical (unpaired) electrons. The number of benzene rings is 1. The van der Waals surface area contributed by atoms with Crippen molar-refractivity contribution in [1.82, 2.24) is 0 Å². The fraction of sp³-hybridized carbons (Fsp3) is 0.286. The van der Waals surface area contributed by atoms with Crippen LogP contribution in [0.5, 0.6) is 0 Å². The third-order valence-electron chi connectivity index (χ3n) is 2.77. The van der Waals surface area contributed by atoms with Gasteiger partial charge in [0.25, 0.3) is 0 Å². The van der Waals surface area contributed by atoms with Crippen molar-refractivity contribution in [2.75, 3.05) is 0 Å². The Kier molecular flexibility index (Phi) is 3.78. The number of aliphatic hydroxyl groups is 1. The van der Waals surface area contributed by atoms with Gasteiger partial charge in [0.15, 0.2) is 0 Å². The van der Waals surface area contributed by atoms with E-state index >= 15 is 0 Å². The lowest BCUT2D eigenvalue weighted by Crippen LogP contribution is -1.97. The van der Waals surface area contributed by atoms with Gasteiger partial charge in [-0.2, -0.15) is 0 Å². The molecule has 4 heteroatoms. The summed E-state index contributed by atoms with van der Waals surface area (Å²) in [5, 5.41) is 9.71. The Morgan fingerprint density at radius 3 is 2.56 bits per heavy atom. The monoisotopic (exact) mass is 266 g/mol. The highest BCUT2D eigenvalue weighted by molar-refractivity contribution is 7.99. The Bertz CT molecular complexity index is 561. The number of hydrogen-bond acceptors (Lipinski definition) is 3. The van der Waals surface area contributed by atoms with Crippen LogP contribution >= 0.6 is 11.8 Å². The van der Waals surface area contributed by atoms with Crippen LogP contribution in [0.1, 0.15) is 29.9 Å². The molecule has 1 aromatic carbocycles. The van der Waals surface area contributed by atoms with Crippen LogP contribution in [0.15, 0.2) is 38.7 Å². The Morgan fingerprint density at radius 1 is 1.28 bits per heavy atom. The van der Waals surface area contributed by atoms with Crippen LogP contribution in [0, 0.1) is 19.7 Å². The molecule has 0 unspecified atom stereocenters. The van der Waals surface area contributed by atoms with E-state index in [1.165, 1.54) is 17.8 Å². The third-order valence-corrected chi connectivity index (χ3v) is 3.99. The Balaban J connectivity index is 2.43. The molecule has 0 saturated carbocycles. The van der Waals surface area contributed by atoms with Crippen molar-refractivity contribution < 1.29 is 13.9 Å². The van der Waals surface area contributed by atoms with Crippen LogP contribution in [-0.2, 0) is 0 Å². The Labute approximate surface area is 110 Å². The van der Waals surface area contributed by atoms with Gasteiger partial charge in [0.05, 0.1) is 17.3 Å². The Morgan fingerprint density at radius 2 is 2.00 bits per heavy atom. The first-order chi connectivity index (χ1) is 8.49. The summed E-state index contributed by atoms with van der Waals surface area (Å²) in [6.07, 6.45) is 0.922. The summed E-state index contributed by atoms with van der Waals surface area (Å²) >= 11 is 1.48. The second kappa shape index (κ2) is 5.16. The maximum absolute atomic E-state index is 13.5. The van der Waals surface area contributed by atoms with Crippen molar-refractivity contribution in [1.29, 1.82) is 0 Å². The quantitative estimate of drug-likeness (QED) is 0.902. The number of hydrogen-bond donors (Lipinski definition) is 1.